The van der Waals surface area contributed by atoms with Gasteiger partial charge in [-0.3, -0.25) is 4.79 Å². The predicted octanol–water partition coefficient (Wildman–Crippen LogP) is 3.05. The number of ether oxygens (including phenoxy) is 1. The van der Waals surface area contributed by atoms with E-state index in [9.17, 15) is 4.79 Å². The highest BCUT2D eigenvalue weighted by atomic mass is 16.5. The molecule has 94 valence electrons. The molecule has 0 radical (unpaired) electrons. The molecule has 3 nitrogen and oxygen atoms in total. The van der Waals surface area contributed by atoms with Crippen molar-refractivity contribution in [1.82, 2.24) is 5.32 Å². The number of nitrogens with one attached hydrogen (secondary N) is 1. The van der Waals surface area contributed by atoms with Crippen LogP contribution in [-0.4, -0.2) is 13.0 Å². The first-order valence-corrected chi connectivity index (χ1v) is 5.95. The van der Waals surface area contributed by atoms with E-state index < -0.39 is 0 Å². The summed E-state index contributed by atoms with van der Waals surface area (Å²) >= 11 is 0. The Morgan fingerprint density at radius 3 is 2.50 bits per heavy atom. The molecule has 2 aromatic rings. The molecule has 0 aromatic heterocycles. The Morgan fingerprint density at radius 1 is 1.17 bits per heavy atom. The molecule has 2 aromatic carbocycles. The molecule has 0 unspecified atom stereocenters. The molecule has 0 heterocycles. The number of hydrogen-bond donors (Lipinski definition) is 1. The van der Waals surface area contributed by atoms with Gasteiger partial charge in [0.15, 0.2) is 0 Å². The Morgan fingerprint density at radius 2 is 1.83 bits per heavy atom. The van der Waals surface area contributed by atoms with Gasteiger partial charge in [-0.15, -0.1) is 0 Å². The van der Waals surface area contributed by atoms with Crippen LogP contribution in [0.5, 0.6) is 5.75 Å². The third-order valence-corrected chi connectivity index (χ3v) is 2.99. The normalized spacial score (nSPS) is 12.2. The van der Waals surface area contributed by atoms with Gasteiger partial charge < -0.3 is 10.1 Å². The summed E-state index contributed by atoms with van der Waals surface area (Å²) in [6.07, 6.45) is 0. The lowest BCUT2D eigenvalue weighted by Gasteiger charge is -2.13. The molecule has 0 aliphatic carbocycles. The largest absolute Gasteiger partial charge is 0.497 e. The van der Waals surface area contributed by atoms with Gasteiger partial charge in [0.05, 0.1) is 13.2 Å². The summed E-state index contributed by atoms with van der Waals surface area (Å²) in [7, 11) is 1.66. The lowest BCUT2D eigenvalue weighted by atomic mass is 10.0. The molecule has 1 N–H and O–H groups in total. The molecule has 0 aliphatic rings. The molecular weight excluding hydrogens is 226 g/mol. The minimum absolute atomic E-state index is 0.0164. The quantitative estimate of drug-likeness (QED) is 0.899. The molecule has 1 atom stereocenters. The number of hydrogen-bond acceptors (Lipinski definition) is 2. The number of carbonyl (C=O) groups is 1. The maximum atomic E-state index is 11.0. The van der Waals surface area contributed by atoms with Crippen LogP contribution in [0.2, 0.25) is 0 Å². The van der Waals surface area contributed by atoms with E-state index in [-0.39, 0.29) is 11.9 Å². The van der Waals surface area contributed by atoms with Crippen LogP contribution in [0, 0.1) is 0 Å². The van der Waals surface area contributed by atoms with E-state index in [0.29, 0.717) is 0 Å². The van der Waals surface area contributed by atoms with Crippen molar-refractivity contribution < 1.29 is 9.53 Å². The maximum absolute atomic E-state index is 11.0. The third kappa shape index (κ3) is 2.62. The predicted molar refractivity (Wildman–Crippen MR) is 72.7 cm³/mol. The van der Waals surface area contributed by atoms with Gasteiger partial charge in [-0.1, -0.05) is 18.2 Å². The summed E-state index contributed by atoms with van der Waals surface area (Å²) in [5.74, 6) is 0.836. The topological polar surface area (TPSA) is 38.3 Å². The molecule has 18 heavy (non-hydrogen) atoms. The Labute approximate surface area is 107 Å². The van der Waals surface area contributed by atoms with Gasteiger partial charge in [-0.25, -0.2) is 0 Å². The smallest absolute Gasteiger partial charge is 0.217 e. The number of benzene rings is 2. The standard InChI is InChI=1S/C15H17NO2/c1-10(16-11(2)17)12-4-5-14-9-15(18-3)7-6-13(14)8-12/h4-10H,1-3H3,(H,16,17)/t10-/m0/s1. The van der Waals surface area contributed by atoms with Gasteiger partial charge in [0, 0.05) is 6.92 Å². The zero-order valence-electron chi connectivity index (χ0n) is 10.9. The van der Waals surface area contributed by atoms with Crippen LogP contribution in [0.4, 0.5) is 0 Å². The lowest BCUT2D eigenvalue weighted by molar-refractivity contribution is -0.119. The van der Waals surface area contributed by atoms with Crippen LogP contribution in [0.25, 0.3) is 10.8 Å². The molecule has 0 fully saturated rings. The highest BCUT2D eigenvalue weighted by Crippen LogP contribution is 2.24. The fraction of sp³-hybridized carbons (Fsp3) is 0.267. The molecule has 0 aliphatic heterocycles. The van der Waals surface area contributed by atoms with E-state index in [1.54, 1.807) is 7.11 Å². The molecule has 2 rings (SSSR count). The average Bonchev–Trinajstić information content (AvgIpc) is 2.36. The van der Waals surface area contributed by atoms with Crippen LogP contribution in [0.3, 0.4) is 0 Å². The van der Waals surface area contributed by atoms with E-state index in [1.165, 1.54) is 6.92 Å². The van der Waals surface area contributed by atoms with Crippen molar-refractivity contribution in [2.45, 2.75) is 19.9 Å². The van der Waals surface area contributed by atoms with E-state index in [0.717, 1.165) is 22.1 Å². The molecule has 1 amide bonds. The van der Waals surface area contributed by atoms with E-state index in [2.05, 4.69) is 11.4 Å². The first kappa shape index (κ1) is 12.4. The second-order valence-electron chi connectivity index (χ2n) is 4.39. The fourth-order valence-corrected chi connectivity index (χ4v) is 2.03. The Bertz CT molecular complexity index is 578. The second kappa shape index (κ2) is 5.08. The summed E-state index contributed by atoms with van der Waals surface area (Å²) in [6, 6.07) is 12.2. The van der Waals surface area contributed by atoms with E-state index >= 15 is 0 Å². The van der Waals surface area contributed by atoms with Crippen LogP contribution < -0.4 is 10.1 Å². The number of methoxy groups -OCH3 is 1. The highest BCUT2D eigenvalue weighted by molar-refractivity contribution is 5.84. The van der Waals surface area contributed by atoms with Gasteiger partial charge in [-0.2, -0.15) is 0 Å². The van der Waals surface area contributed by atoms with Gasteiger partial charge in [0.2, 0.25) is 5.91 Å². The van der Waals surface area contributed by atoms with Crippen LogP contribution in [-0.2, 0) is 4.79 Å². The van der Waals surface area contributed by atoms with Crippen molar-refractivity contribution >= 4 is 16.7 Å². The van der Waals surface area contributed by atoms with E-state index in [4.69, 9.17) is 4.74 Å². The SMILES string of the molecule is COc1ccc2cc([C@H](C)NC(C)=O)ccc2c1. The number of amides is 1. The Hall–Kier alpha value is -2.03. The summed E-state index contributed by atoms with van der Waals surface area (Å²) in [5, 5.41) is 5.16. The van der Waals surface area contributed by atoms with E-state index in [1.807, 2.05) is 37.3 Å². The Balaban J connectivity index is 2.35. The van der Waals surface area contributed by atoms with Gasteiger partial charge >= 0.3 is 0 Å². The van der Waals surface area contributed by atoms with Crippen molar-refractivity contribution in [3.8, 4) is 5.75 Å². The maximum Gasteiger partial charge on any atom is 0.217 e. The molecule has 0 bridgehead atoms. The third-order valence-electron chi connectivity index (χ3n) is 2.99. The molecule has 0 saturated carbocycles. The summed E-state index contributed by atoms with van der Waals surface area (Å²) in [5.41, 5.74) is 1.10. The molecule has 0 saturated heterocycles. The second-order valence-corrected chi connectivity index (χ2v) is 4.39. The summed E-state index contributed by atoms with van der Waals surface area (Å²) in [4.78, 5) is 11.0. The van der Waals surface area contributed by atoms with Crippen molar-refractivity contribution in [3.05, 3.63) is 42.0 Å². The fourth-order valence-electron chi connectivity index (χ4n) is 2.03. The van der Waals surface area contributed by atoms with Gasteiger partial charge in [-0.05, 0) is 41.5 Å². The summed E-state index contributed by atoms with van der Waals surface area (Å²) in [6.45, 7) is 3.51. The monoisotopic (exact) mass is 243 g/mol. The lowest BCUT2D eigenvalue weighted by Crippen LogP contribution is -2.23. The zero-order chi connectivity index (χ0) is 13.1. The minimum Gasteiger partial charge on any atom is -0.497 e. The average molecular weight is 243 g/mol. The number of rotatable bonds is 3. The first-order valence-electron chi connectivity index (χ1n) is 5.95. The van der Waals surface area contributed by atoms with Crippen molar-refractivity contribution in [1.29, 1.82) is 0 Å². The Kier molecular flexibility index (Phi) is 3.51. The van der Waals surface area contributed by atoms with Gasteiger partial charge in [0.1, 0.15) is 5.75 Å². The molecular formula is C15H17NO2. The van der Waals surface area contributed by atoms with Crippen molar-refractivity contribution in [2.75, 3.05) is 7.11 Å². The highest BCUT2D eigenvalue weighted by Gasteiger charge is 2.07. The van der Waals surface area contributed by atoms with Crippen molar-refractivity contribution in [2.24, 2.45) is 0 Å². The van der Waals surface area contributed by atoms with Crippen LogP contribution in [0.15, 0.2) is 36.4 Å². The number of carbonyl (C=O) groups excluding carboxylic acids is 1. The molecule has 0 spiro atoms. The molecule has 3 heteroatoms. The zero-order valence-corrected chi connectivity index (χ0v) is 10.9. The van der Waals surface area contributed by atoms with Crippen LogP contribution in [0.1, 0.15) is 25.5 Å². The van der Waals surface area contributed by atoms with Gasteiger partial charge in [0.25, 0.3) is 0 Å². The summed E-state index contributed by atoms with van der Waals surface area (Å²) < 4.78 is 5.20. The number of fused-ring (bicyclic) bond motifs is 1. The minimum atomic E-state index is -0.0164. The van der Waals surface area contributed by atoms with Crippen LogP contribution >= 0.6 is 0 Å². The first-order chi connectivity index (χ1) is 8.60. The van der Waals surface area contributed by atoms with Crippen molar-refractivity contribution in [3.63, 3.8) is 0 Å².